The van der Waals surface area contributed by atoms with Crippen LogP contribution in [0.25, 0.3) is 16.9 Å². The number of carboxylic acid groups (broad SMARTS) is 1. The lowest BCUT2D eigenvalue weighted by molar-refractivity contribution is 0.0227. The Morgan fingerprint density at radius 1 is 1.16 bits per heavy atom. The van der Waals surface area contributed by atoms with Gasteiger partial charge in [0.15, 0.2) is 5.82 Å². The van der Waals surface area contributed by atoms with Crippen molar-refractivity contribution >= 4 is 23.1 Å². The van der Waals surface area contributed by atoms with Gasteiger partial charge < -0.3 is 24.4 Å². The first-order valence-electron chi connectivity index (χ1n) is 10.1. The van der Waals surface area contributed by atoms with Crippen molar-refractivity contribution in [2.24, 2.45) is 0 Å². The molecule has 1 N–H and O–H groups in total. The van der Waals surface area contributed by atoms with Crippen LogP contribution in [0, 0.1) is 0 Å². The van der Waals surface area contributed by atoms with E-state index in [9.17, 15) is 13.6 Å². The molecule has 2 aliphatic heterocycles. The average molecular weight is 446 g/mol. The summed E-state index contributed by atoms with van der Waals surface area (Å²) in [4.78, 5) is 27.2. The maximum atomic E-state index is 13.9. The van der Waals surface area contributed by atoms with E-state index >= 15 is 0 Å². The van der Waals surface area contributed by atoms with Crippen LogP contribution in [0.15, 0.2) is 30.3 Å². The van der Waals surface area contributed by atoms with Crippen molar-refractivity contribution in [3.05, 3.63) is 36.2 Å². The Morgan fingerprint density at radius 2 is 1.91 bits per heavy atom. The molecule has 0 saturated carbocycles. The van der Waals surface area contributed by atoms with Gasteiger partial charge in [0.2, 0.25) is 11.8 Å². The van der Waals surface area contributed by atoms with Crippen LogP contribution in [0.2, 0.25) is 0 Å². The molecule has 0 bridgehead atoms. The van der Waals surface area contributed by atoms with Gasteiger partial charge >= 0.3 is 6.09 Å². The number of morpholine rings is 1. The topological polar surface area (TPSA) is 106 Å². The fraction of sp³-hybridized carbons (Fsp3) is 0.400. The zero-order valence-electron chi connectivity index (χ0n) is 16.9. The number of amides is 1. The number of benzene rings is 1. The van der Waals surface area contributed by atoms with Crippen LogP contribution >= 0.6 is 0 Å². The SMILES string of the molecule is O=C(O)N1CC(Oc2cc(-n3c(C(F)F)nc4ccccc43)nc(N3CCOCC3)n2)C1. The molecule has 0 spiro atoms. The van der Waals surface area contributed by atoms with Crippen molar-refractivity contribution in [1.82, 2.24) is 24.4 Å². The van der Waals surface area contributed by atoms with Gasteiger partial charge in [-0.15, -0.1) is 0 Å². The van der Waals surface area contributed by atoms with Crippen molar-refractivity contribution < 1.29 is 28.2 Å². The number of imidazole rings is 1. The van der Waals surface area contributed by atoms with E-state index in [1.165, 1.54) is 15.5 Å². The predicted molar refractivity (Wildman–Crippen MR) is 109 cm³/mol. The van der Waals surface area contributed by atoms with Gasteiger partial charge in [0.1, 0.15) is 11.9 Å². The third-order valence-corrected chi connectivity index (χ3v) is 5.39. The van der Waals surface area contributed by atoms with E-state index in [1.807, 2.05) is 4.90 Å². The molecule has 2 saturated heterocycles. The number of nitrogens with zero attached hydrogens (tertiary/aromatic N) is 6. The second-order valence-electron chi connectivity index (χ2n) is 7.49. The number of halogens is 2. The summed E-state index contributed by atoms with van der Waals surface area (Å²) in [6.45, 7) is 2.50. The predicted octanol–water partition coefficient (Wildman–Crippen LogP) is 2.33. The number of rotatable bonds is 5. The summed E-state index contributed by atoms with van der Waals surface area (Å²) in [7, 11) is 0. The Labute approximate surface area is 181 Å². The molecular weight excluding hydrogens is 426 g/mol. The lowest BCUT2D eigenvalue weighted by atomic mass is 10.2. The van der Waals surface area contributed by atoms with E-state index in [1.54, 1.807) is 24.3 Å². The first-order valence-corrected chi connectivity index (χ1v) is 10.1. The lowest BCUT2D eigenvalue weighted by Crippen LogP contribution is -2.55. The van der Waals surface area contributed by atoms with Gasteiger partial charge in [-0.1, -0.05) is 12.1 Å². The van der Waals surface area contributed by atoms with E-state index in [0.29, 0.717) is 43.3 Å². The Bertz CT molecular complexity index is 1140. The maximum absolute atomic E-state index is 13.9. The molecule has 168 valence electrons. The Hall–Kier alpha value is -3.54. The first-order chi connectivity index (χ1) is 15.5. The van der Waals surface area contributed by atoms with Crippen LogP contribution in [0.5, 0.6) is 5.88 Å². The van der Waals surface area contributed by atoms with E-state index in [-0.39, 0.29) is 30.9 Å². The molecular formula is C20H20F2N6O4. The molecule has 3 aromatic rings. The number of para-hydroxylation sites is 2. The largest absolute Gasteiger partial charge is 0.470 e. The van der Waals surface area contributed by atoms with E-state index in [0.717, 1.165) is 0 Å². The molecule has 32 heavy (non-hydrogen) atoms. The molecule has 2 aromatic heterocycles. The van der Waals surface area contributed by atoms with Gasteiger partial charge in [-0.2, -0.15) is 9.97 Å². The van der Waals surface area contributed by atoms with E-state index in [4.69, 9.17) is 14.6 Å². The standard InChI is InChI=1S/C20H20F2N6O4/c21-17(22)18-23-13-3-1-2-4-14(13)28(18)15-9-16(32-12-10-27(11-12)20(29)30)25-19(24-15)26-5-7-31-8-6-26/h1-4,9,12,17H,5-8,10-11H2,(H,29,30). The van der Waals surface area contributed by atoms with Crippen molar-refractivity contribution in [2.45, 2.75) is 12.5 Å². The molecule has 2 fully saturated rings. The second kappa shape index (κ2) is 8.19. The minimum atomic E-state index is -2.82. The summed E-state index contributed by atoms with van der Waals surface area (Å²) in [5, 5.41) is 9.03. The molecule has 0 aliphatic carbocycles. The molecule has 0 unspecified atom stereocenters. The van der Waals surface area contributed by atoms with Crippen molar-refractivity contribution in [2.75, 3.05) is 44.3 Å². The Kier molecular flexibility index (Phi) is 5.21. The monoisotopic (exact) mass is 446 g/mol. The summed E-state index contributed by atoms with van der Waals surface area (Å²) >= 11 is 0. The number of ether oxygens (including phenoxy) is 2. The quantitative estimate of drug-likeness (QED) is 0.637. The lowest BCUT2D eigenvalue weighted by Gasteiger charge is -2.36. The van der Waals surface area contributed by atoms with Crippen LogP contribution in [0.4, 0.5) is 19.5 Å². The van der Waals surface area contributed by atoms with E-state index in [2.05, 4.69) is 15.0 Å². The van der Waals surface area contributed by atoms with Crippen molar-refractivity contribution in [1.29, 1.82) is 0 Å². The highest BCUT2D eigenvalue weighted by atomic mass is 19.3. The molecule has 2 aliphatic rings. The number of fused-ring (bicyclic) bond motifs is 1. The van der Waals surface area contributed by atoms with Crippen molar-refractivity contribution in [3.63, 3.8) is 0 Å². The molecule has 1 amide bonds. The summed E-state index contributed by atoms with van der Waals surface area (Å²) in [6, 6.07) is 8.31. The van der Waals surface area contributed by atoms with Gasteiger partial charge in [0.05, 0.1) is 37.3 Å². The fourth-order valence-corrected chi connectivity index (χ4v) is 3.75. The smallest absolute Gasteiger partial charge is 0.407 e. The van der Waals surface area contributed by atoms with Gasteiger partial charge in [0.25, 0.3) is 6.43 Å². The number of alkyl halides is 2. The molecule has 0 radical (unpaired) electrons. The van der Waals surface area contributed by atoms with Crippen LogP contribution in [0.1, 0.15) is 12.2 Å². The number of likely N-dealkylation sites (tertiary alicyclic amines) is 1. The number of hydrogen-bond donors (Lipinski definition) is 1. The third kappa shape index (κ3) is 3.77. The Balaban J connectivity index is 1.56. The normalized spacial score (nSPS) is 17.1. The number of anilines is 1. The maximum Gasteiger partial charge on any atom is 0.407 e. The molecule has 4 heterocycles. The highest BCUT2D eigenvalue weighted by Crippen LogP contribution is 2.30. The fourth-order valence-electron chi connectivity index (χ4n) is 3.75. The average Bonchev–Trinajstić information content (AvgIpc) is 3.16. The first kappa shape index (κ1) is 20.4. The summed E-state index contributed by atoms with van der Waals surface area (Å²) < 4.78 is 40.3. The van der Waals surface area contributed by atoms with Crippen LogP contribution in [-0.2, 0) is 4.74 Å². The van der Waals surface area contributed by atoms with Gasteiger partial charge in [-0.25, -0.2) is 18.6 Å². The van der Waals surface area contributed by atoms with Gasteiger partial charge in [-0.3, -0.25) is 4.57 Å². The highest BCUT2D eigenvalue weighted by molar-refractivity contribution is 5.78. The number of hydrogen-bond acceptors (Lipinski definition) is 7. The van der Waals surface area contributed by atoms with Crippen LogP contribution in [0.3, 0.4) is 0 Å². The van der Waals surface area contributed by atoms with Gasteiger partial charge in [-0.05, 0) is 12.1 Å². The summed E-state index contributed by atoms with van der Waals surface area (Å²) in [5.74, 6) is 0.289. The van der Waals surface area contributed by atoms with Crippen LogP contribution in [-0.4, -0.2) is 81.1 Å². The zero-order valence-corrected chi connectivity index (χ0v) is 16.9. The van der Waals surface area contributed by atoms with Crippen molar-refractivity contribution in [3.8, 4) is 11.7 Å². The molecule has 12 heteroatoms. The summed E-state index contributed by atoms with van der Waals surface area (Å²) in [5.41, 5.74) is 0.911. The van der Waals surface area contributed by atoms with Gasteiger partial charge in [0, 0.05) is 19.2 Å². The zero-order chi connectivity index (χ0) is 22.2. The molecule has 10 nitrogen and oxygen atoms in total. The highest BCUT2D eigenvalue weighted by Gasteiger charge is 2.33. The second-order valence-corrected chi connectivity index (χ2v) is 7.49. The van der Waals surface area contributed by atoms with Crippen LogP contribution < -0.4 is 9.64 Å². The molecule has 5 rings (SSSR count). The molecule has 1 aromatic carbocycles. The third-order valence-electron chi connectivity index (χ3n) is 5.39. The molecule has 0 atom stereocenters. The minimum absolute atomic E-state index is 0.185. The number of aromatic nitrogens is 4. The number of carbonyl (C=O) groups is 1. The van der Waals surface area contributed by atoms with E-state index < -0.39 is 18.3 Å². The Morgan fingerprint density at radius 3 is 2.62 bits per heavy atom. The summed E-state index contributed by atoms with van der Waals surface area (Å²) in [6.07, 6.45) is -4.21. The minimum Gasteiger partial charge on any atom is -0.470 e.